The molecule has 15 heteroatoms. The molecule has 0 bridgehead atoms. The van der Waals surface area contributed by atoms with Gasteiger partial charge in [-0.15, -0.1) is 0 Å². The number of para-hydroxylation sites is 2. The van der Waals surface area contributed by atoms with Gasteiger partial charge in [0.25, 0.3) is 0 Å². The zero-order chi connectivity index (χ0) is 46.9. The van der Waals surface area contributed by atoms with E-state index >= 15 is 0 Å². The normalized spacial score (nSPS) is 13.1. The molecule has 2 aromatic heterocycles. The maximum Gasteiger partial charge on any atom is 0.330 e. The predicted molar refractivity (Wildman–Crippen MR) is 267 cm³/mol. The number of anilines is 6. The Morgan fingerprint density at radius 3 is 1.45 bits per heavy atom. The molecule has 8 rings (SSSR count). The standard InChI is InChI=1S/C25H26N4O3.C23H22N4O3.2C2H6.H2O/c1-2-32-23(30)12-11-19-7-6-8-20(17-19)22-18-26-25(27-21-9-4-3-5-10-21)28-24(22)29-13-15-31-16-14-29;28-21(29)10-9-17-5-4-6-18(15-17)20-16-24-23(25-19-7-2-1-3-8-19)26-22(20)27-11-13-30-14-12-27;2*1-2;/h3-12,17-18H,2,13-16H2,1H3,(H,26,27,28);1-10,15-16H,11-14H2,(H,28,29)(H,24,25,26);2*1-2H3;1H2/p-1/b12-11+;10-9+;;;. The quantitative estimate of drug-likeness (QED) is 0.0731. The molecule has 0 aliphatic carbocycles. The van der Waals surface area contributed by atoms with E-state index in [9.17, 15) is 9.59 Å². The molecule has 67 heavy (non-hydrogen) atoms. The number of morpholine rings is 2. The van der Waals surface area contributed by atoms with Crippen molar-refractivity contribution in [3.05, 3.63) is 145 Å². The Hall–Kier alpha value is -7.46. The topological polar surface area (TPSA) is 194 Å². The molecule has 2 aliphatic heterocycles. The van der Waals surface area contributed by atoms with Gasteiger partial charge in [-0.1, -0.05) is 100 Å². The van der Waals surface area contributed by atoms with Gasteiger partial charge in [0, 0.05) is 73.2 Å². The number of rotatable bonds is 13. The summed E-state index contributed by atoms with van der Waals surface area (Å²) in [5.41, 5.74) is 7.26. The smallest absolute Gasteiger partial charge is 0.330 e. The SMILES string of the molecule is CC.CC.CCOC(=O)/C=C/c1cccc(-c2cnc(Nc3ccccc3)nc2N2CCOCC2)c1.O=C(O)/C=C/c1cccc(-c2cnc(Nc3ccccc3)nc2N2CCOCC2)c1.[OH-]. The number of aromatic nitrogens is 4. The number of nitrogens with zero attached hydrogens (tertiary/aromatic N) is 6. The Labute approximate surface area is 393 Å². The van der Waals surface area contributed by atoms with E-state index in [4.69, 9.17) is 29.3 Å². The Morgan fingerprint density at radius 1 is 0.627 bits per heavy atom. The van der Waals surface area contributed by atoms with Crippen LogP contribution in [0.15, 0.2) is 134 Å². The van der Waals surface area contributed by atoms with Crippen LogP contribution < -0.4 is 20.4 Å². The summed E-state index contributed by atoms with van der Waals surface area (Å²) in [7, 11) is 0. The van der Waals surface area contributed by atoms with Gasteiger partial charge in [0.1, 0.15) is 11.6 Å². The van der Waals surface area contributed by atoms with Gasteiger partial charge in [0.05, 0.1) is 33.0 Å². The highest BCUT2D eigenvalue weighted by Gasteiger charge is 2.21. The van der Waals surface area contributed by atoms with Crippen LogP contribution in [0.2, 0.25) is 0 Å². The number of benzene rings is 4. The number of ether oxygens (including phenoxy) is 3. The highest BCUT2D eigenvalue weighted by molar-refractivity contribution is 5.88. The van der Waals surface area contributed by atoms with Crippen LogP contribution in [0.25, 0.3) is 34.4 Å². The molecule has 0 unspecified atom stereocenters. The largest absolute Gasteiger partial charge is 0.870 e. The molecule has 15 nitrogen and oxygen atoms in total. The minimum Gasteiger partial charge on any atom is -0.870 e. The summed E-state index contributed by atoms with van der Waals surface area (Å²) in [5.74, 6) is 1.41. The number of hydrogen-bond acceptors (Lipinski definition) is 14. The van der Waals surface area contributed by atoms with Crippen molar-refractivity contribution in [3.63, 3.8) is 0 Å². The maximum atomic E-state index is 11.7. The zero-order valence-electron chi connectivity index (χ0n) is 38.8. The lowest BCUT2D eigenvalue weighted by Crippen LogP contribution is -2.37. The summed E-state index contributed by atoms with van der Waals surface area (Å²) in [6.07, 6.45) is 9.55. The number of carboxylic acid groups (broad SMARTS) is 1. The van der Waals surface area contributed by atoms with E-state index in [1.165, 1.54) is 6.08 Å². The molecule has 0 spiro atoms. The van der Waals surface area contributed by atoms with Crippen molar-refractivity contribution in [1.82, 2.24) is 19.9 Å². The fourth-order valence-corrected chi connectivity index (χ4v) is 6.75. The van der Waals surface area contributed by atoms with Crippen molar-refractivity contribution in [3.8, 4) is 22.3 Å². The number of nitrogens with one attached hydrogen (secondary N) is 2. The molecular formula is C52H61N8O7-. The number of carbonyl (C=O) groups excluding carboxylic acids is 1. The number of hydrogen-bond donors (Lipinski definition) is 3. The summed E-state index contributed by atoms with van der Waals surface area (Å²) < 4.78 is 16.0. The van der Waals surface area contributed by atoms with E-state index in [0.717, 1.165) is 88.6 Å². The second kappa shape index (κ2) is 28.4. The van der Waals surface area contributed by atoms with Crippen LogP contribution >= 0.6 is 0 Å². The number of carboxylic acids is 1. The van der Waals surface area contributed by atoms with Crippen molar-refractivity contribution in [2.75, 3.05) is 79.6 Å². The number of esters is 1. The Kier molecular flexibility index (Phi) is 22.2. The zero-order valence-corrected chi connectivity index (χ0v) is 38.8. The average Bonchev–Trinajstić information content (AvgIpc) is 3.38. The van der Waals surface area contributed by atoms with Crippen LogP contribution in [0.5, 0.6) is 0 Å². The molecule has 2 fully saturated rings. The van der Waals surface area contributed by atoms with Crippen molar-refractivity contribution >= 4 is 59.0 Å². The minimum absolute atomic E-state index is 0. The van der Waals surface area contributed by atoms with Crippen molar-refractivity contribution in [2.24, 2.45) is 0 Å². The van der Waals surface area contributed by atoms with Crippen LogP contribution in [-0.4, -0.2) is 102 Å². The van der Waals surface area contributed by atoms with E-state index < -0.39 is 5.97 Å². The van der Waals surface area contributed by atoms with Gasteiger partial charge in [-0.3, -0.25) is 0 Å². The second-order valence-electron chi connectivity index (χ2n) is 14.1. The highest BCUT2D eigenvalue weighted by atomic mass is 16.5. The minimum atomic E-state index is -0.978. The van der Waals surface area contributed by atoms with Gasteiger partial charge in [0.15, 0.2) is 0 Å². The fraction of sp³-hybridized carbons (Fsp3) is 0.269. The van der Waals surface area contributed by atoms with Crippen LogP contribution in [0.1, 0.15) is 45.7 Å². The number of carbonyl (C=O) groups is 2. The Balaban J connectivity index is 0.000000269. The molecule has 0 atom stereocenters. The van der Waals surface area contributed by atoms with Gasteiger partial charge in [-0.25, -0.2) is 19.6 Å². The van der Waals surface area contributed by atoms with Crippen LogP contribution in [0.4, 0.5) is 34.9 Å². The lowest BCUT2D eigenvalue weighted by molar-refractivity contribution is -0.137. The second-order valence-corrected chi connectivity index (χ2v) is 14.1. The van der Waals surface area contributed by atoms with Crippen LogP contribution in [0.3, 0.4) is 0 Å². The monoisotopic (exact) mass is 909 g/mol. The molecular weight excluding hydrogens is 849 g/mol. The lowest BCUT2D eigenvalue weighted by Gasteiger charge is -2.29. The van der Waals surface area contributed by atoms with Gasteiger partial charge in [-0.2, -0.15) is 9.97 Å². The third-order valence-electron chi connectivity index (χ3n) is 9.73. The van der Waals surface area contributed by atoms with E-state index in [1.807, 2.05) is 149 Å². The van der Waals surface area contributed by atoms with Gasteiger partial charge in [-0.05, 0) is 77.7 Å². The van der Waals surface area contributed by atoms with E-state index in [1.54, 1.807) is 19.1 Å². The van der Waals surface area contributed by atoms with Crippen molar-refractivity contribution < 1.29 is 34.4 Å². The summed E-state index contributed by atoms with van der Waals surface area (Å²) in [6, 6.07) is 35.3. The van der Waals surface area contributed by atoms with Gasteiger partial charge < -0.3 is 45.2 Å². The fourth-order valence-electron chi connectivity index (χ4n) is 6.75. The highest BCUT2D eigenvalue weighted by Crippen LogP contribution is 2.33. The molecule has 6 aromatic rings. The summed E-state index contributed by atoms with van der Waals surface area (Å²) in [5, 5.41) is 15.4. The summed E-state index contributed by atoms with van der Waals surface area (Å²) >= 11 is 0. The van der Waals surface area contributed by atoms with E-state index in [0.29, 0.717) is 44.9 Å². The summed E-state index contributed by atoms with van der Waals surface area (Å²) in [4.78, 5) is 45.7. The molecule has 0 radical (unpaired) electrons. The van der Waals surface area contributed by atoms with Gasteiger partial charge >= 0.3 is 11.9 Å². The molecule has 4 N–H and O–H groups in total. The molecule has 4 heterocycles. The molecule has 2 aliphatic rings. The first-order valence-corrected chi connectivity index (χ1v) is 22.4. The number of aliphatic carboxylic acids is 1. The predicted octanol–water partition coefficient (Wildman–Crippen LogP) is 10.00. The lowest BCUT2D eigenvalue weighted by atomic mass is 10.0. The molecule has 4 aromatic carbocycles. The third kappa shape index (κ3) is 16.2. The van der Waals surface area contributed by atoms with Crippen molar-refractivity contribution in [1.29, 1.82) is 0 Å². The molecule has 352 valence electrons. The van der Waals surface area contributed by atoms with Crippen molar-refractivity contribution in [2.45, 2.75) is 34.6 Å². The first kappa shape index (κ1) is 52.2. The first-order valence-electron chi connectivity index (χ1n) is 22.4. The van der Waals surface area contributed by atoms with E-state index in [2.05, 4.69) is 30.4 Å². The molecule has 0 amide bonds. The molecule has 2 saturated heterocycles. The van der Waals surface area contributed by atoms with Crippen LogP contribution in [-0.2, 0) is 23.8 Å². The third-order valence-corrected chi connectivity index (χ3v) is 9.73. The van der Waals surface area contributed by atoms with Crippen LogP contribution in [0, 0.1) is 0 Å². The van der Waals surface area contributed by atoms with Gasteiger partial charge in [0.2, 0.25) is 11.9 Å². The molecule has 0 saturated carbocycles. The maximum absolute atomic E-state index is 11.7. The Bertz CT molecular complexity index is 2480. The first-order chi connectivity index (χ1) is 32.4. The Morgan fingerprint density at radius 2 is 1.04 bits per heavy atom. The summed E-state index contributed by atoms with van der Waals surface area (Å²) in [6.45, 7) is 15.8. The average molecular weight is 910 g/mol. The van der Waals surface area contributed by atoms with E-state index in [-0.39, 0.29) is 11.4 Å².